The summed E-state index contributed by atoms with van der Waals surface area (Å²) in [5.74, 6) is -0.00190. The van der Waals surface area contributed by atoms with E-state index in [0.717, 1.165) is 30.6 Å². The molecule has 1 aliphatic heterocycles. The number of likely N-dealkylation sites (tertiary alicyclic amines) is 1. The molecule has 0 saturated carbocycles. The van der Waals surface area contributed by atoms with Gasteiger partial charge in [-0.1, -0.05) is 23.7 Å². The number of thiophene rings is 1. The molecule has 1 aromatic carbocycles. The number of aromatic amines is 1. The van der Waals surface area contributed by atoms with Crippen LogP contribution in [0.4, 0.5) is 5.00 Å². The van der Waals surface area contributed by atoms with Gasteiger partial charge in [-0.25, -0.2) is 0 Å². The molecule has 29 heavy (non-hydrogen) atoms. The predicted octanol–water partition coefficient (Wildman–Crippen LogP) is 4.71. The zero-order valence-corrected chi connectivity index (χ0v) is 17.5. The second-order valence-corrected chi connectivity index (χ2v) is 8.62. The molecule has 6 nitrogen and oxygen atoms in total. The van der Waals surface area contributed by atoms with Gasteiger partial charge in [-0.3, -0.25) is 14.7 Å². The van der Waals surface area contributed by atoms with Crippen molar-refractivity contribution in [3.63, 3.8) is 0 Å². The monoisotopic (exact) mass is 428 g/mol. The quantitative estimate of drug-likeness (QED) is 0.631. The highest BCUT2D eigenvalue weighted by Crippen LogP contribution is 2.32. The van der Waals surface area contributed by atoms with Crippen molar-refractivity contribution in [3.8, 4) is 0 Å². The summed E-state index contributed by atoms with van der Waals surface area (Å²) < 4.78 is 0. The molecule has 0 bridgehead atoms. The first-order chi connectivity index (χ1) is 14.0. The van der Waals surface area contributed by atoms with Gasteiger partial charge in [0.15, 0.2) is 0 Å². The van der Waals surface area contributed by atoms with Crippen LogP contribution in [-0.2, 0) is 0 Å². The Morgan fingerprint density at radius 1 is 1.31 bits per heavy atom. The lowest BCUT2D eigenvalue weighted by Crippen LogP contribution is -2.39. The van der Waals surface area contributed by atoms with Gasteiger partial charge in [-0.15, -0.1) is 11.3 Å². The number of piperidine rings is 1. The number of carbonyl (C=O) groups is 2. The van der Waals surface area contributed by atoms with Crippen LogP contribution in [0.1, 0.15) is 50.0 Å². The third-order valence-electron chi connectivity index (χ3n) is 5.14. The van der Waals surface area contributed by atoms with E-state index in [-0.39, 0.29) is 17.7 Å². The van der Waals surface area contributed by atoms with Crippen LogP contribution < -0.4 is 5.32 Å². The molecule has 0 radical (unpaired) electrons. The van der Waals surface area contributed by atoms with Crippen molar-refractivity contribution in [2.75, 3.05) is 18.4 Å². The zero-order valence-electron chi connectivity index (χ0n) is 15.9. The smallest absolute Gasteiger partial charge is 0.264 e. The van der Waals surface area contributed by atoms with Crippen LogP contribution in [-0.4, -0.2) is 40.0 Å². The summed E-state index contributed by atoms with van der Waals surface area (Å²) in [5.41, 5.74) is 2.34. The third kappa shape index (κ3) is 4.21. The Kier molecular flexibility index (Phi) is 5.69. The molecular weight excluding hydrogens is 408 g/mol. The molecule has 2 aromatic heterocycles. The molecule has 2 N–H and O–H groups in total. The summed E-state index contributed by atoms with van der Waals surface area (Å²) >= 11 is 7.41. The minimum absolute atomic E-state index is 0.00922. The highest BCUT2D eigenvalue weighted by Gasteiger charge is 2.28. The Morgan fingerprint density at radius 3 is 2.90 bits per heavy atom. The first-order valence-corrected chi connectivity index (χ1v) is 10.7. The molecule has 8 heteroatoms. The van der Waals surface area contributed by atoms with E-state index in [0.29, 0.717) is 27.0 Å². The van der Waals surface area contributed by atoms with Crippen LogP contribution in [0.25, 0.3) is 0 Å². The molecule has 150 valence electrons. The minimum atomic E-state index is -0.284. The van der Waals surface area contributed by atoms with E-state index in [4.69, 9.17) is 11.6 Å². The van der Waals surface area contributed by atoms with Crippen LogP contribution in [0.5, 0.6) is 0 Å². The first kappa shape index (κ1) is 19.7. The van der Waals surface area contributed by atoms with Gasteiger partial charge in [0.1, 0.15) is 0 Å². The number of H-pyrrole nitrogens is 1. The van der Waals surface area contributed by atoms with E-state index in [2.05, 4.69) is 15.5 Å². The number of halogens is 1. The summed E-state index contributed by atoms with van der Waals surface area (Å²) in [4.78, 5) is 28.2. The number of hydrogen-bond acceptors (Lipinski definition) is 4. The number of nitrogens with zero attached hydrogens (tertiary/aromatic N) is 2. The van der Waals surface area contributed by atoms with Crippen molar-refractivity contribution in [2.24, 2.45) is 0 Å². The van der Waals surface area contributed by atoms with E-state index in [1.165, 1.54) is 11.3 Å². The first-order valence-electron chi connectivity index (χ1n) is 9.48. The number of aryl methyl sites for hydroxylation is 1. The Balaban J connectivity index is 1.48. The molecule has 1 saturated heterocycles. The Hall–Kier alpha value is -2.64. The number of anilines is 1. The van der Waals surface area contributed by atoms with E-state index in [1.54, 1.807) is 30.5 Å². The van der Waals surface area contributed by atoms with Crippen molar-refractivity contribution in [1.29, 1.82) is 0 Å². The lowest BCUT2D eigenvalue weighted by Gasteiger charge is -2.32. The maximum absolute atomic E-state index is 13.1. The SMILES string of the molecule is Cc1cc(NC(=O)c2ccccc2Cl)sc1C(=O)N1CCCC(c2ccn[nH]2)C1. The van der Waals surface area contributed by atoms with Gasteiger partial charge in [-0.2, -0.15) is 5.10 Å². The summed E-state index contributed by atoms with van der Waals surface area (Å²) in [6.07, 6.45) is 3.73. The summed E-state index contributed by atoms with van der Waals surface area (Å²) in [6.45, 7) is 3.30. The molecule has 0 spiro atoms. The van der Waals surface area contributed by atoms with Gasteiger partial charge < -0.3 is 10.2 Å². The second kappa shape index (κ2) is 8.39. The Morgan fingerprint density at radius 2 is 2.14 bits per heavy atom. The Labute approximate surface area is 177 Å². The maximum atomic E-state index is 13.1. The van der Waals surface area contributed by atoms with Gasteiger partial charge in [0.05, 0.1) is 20.5 Å². The number of carbonyl (C=O) groups excluding carboxylic acids is 2. The summed E-state index contributed by atoms with van der Waals surface area (Å²) in [5, 5.41) is 10.9. The molecule has 1 unspecified atom stereocenters. The van der Waals surface area contributed by atoms with Crippen LogP contribution in [0.2, 0.25) is 5.02 Å². The van der Waals surface area contributed by atoms with Gasteiger partial charge in [0.25, 0.3) is 11.8 Å². The van der Waals surface area contributed by atoms with Crippen molar-refractivity contribution < 1.29 is 9.59 Å². The lowest BCUT2D eigenvalue weighted by molar-refractivity contribution is 0.0710. The third-order valence-corrected chi connectivity index (χ3v) is 6.61. The van der Waals surface area contributed by atoms with Crippen LogP contribution >= 0.6 is 22.9 Å². The van der Waals surface area contributed by atoms with Crippen LogP contribution in [0.15, 0.2) is 42.6 Å². The lowest BCUT2D eigenvalue weighted by atomic mass is 9.95. The maximum Gasteiger partial charge on any atom is 0.264 e. The zero-order chi connectivity index (χ0) is 20.4. The van der Waals surface area contributed by atoms with E-state index < -0.39 is 0 Å². The molecule has 4 rings (SSSR count). The molecule has 1 fully saturated rings. The Bertz CT molecular complexity index is 1030. The highest BCUT2D eigenvalue weighted by atomic mass is 35.5. The molecule has 0 aliphatic carbocycles. The normalized spacial score (nSPS) is 16.6. The van der Waals surface area contributed by atoms with Crippen molar-refractivity contribution in [3.05, 3.63) is 69.3 Å². The van der Waals surface area contributed by atoms with E-state index in [1.807, 2.05) is 24.0 Å². The fourth-order valence-corrected chi connectivity index (χ4v) is 4.89. The number of hydrogen-bond donors (Lipinski definition) is 2. The van der Waals surface area contributed by atoms with Crippen molar-refractivity contribution in [2.45, 2.75) is 25.7 Å². The van der Waals surface area contributed by atoms with E-state index in [9.17, 15) is 9.59 Å². The molecule has 2 amide bonds. The number of aromatic nitrogens is 2. The van der Waals surface area contributed by atoms with Crippen LogP contribution in [0, 0.1) is 6.92 Å². The number of benzene rings is 1. The van der Waals surface area contributed by atoms with Gasteiger partial charge >= 0.3 is 0 Å². The standard InChI is InChI=1S/C21H21ClN4O2S/c1-13-11-18(24-20(27)15-6-2-3-7-16(15)22)29-19(13)21(28)26-10-4-5-14(12-26)17-8-9-23-25-17/h2-3,6-9,11,14H,4-5,10,12H2,1H3,(H,23,25)(H,24,27). The predicted molar refractivity (Wildman–Crippen MR) is 115 cm³/mol. The second-order valence-electron chi connectivity index (χ2n) is 7.16. The summed E-state index contributed by atoms with van der Waals surface area (Å²) in [7, 11) is 0. The molecule has 1 aliphatic rings. The summed E-state index contributed by atoms with van der Waals surface area (Å²) in [6, 6.07) is 10.7. The van der Waals surface area contributed by atoms with Gasteiger partial charge in [0.2, 0.25) is 0 Å². The topological polar surface area (TPSA) is 78.1 Å². The van der Waals surface area contributed by atoms with Crippen LogP contribution in [0.3, 0.4) is 0 Å². The van der Waals surface area contributed by atoms with Crippen molar-refractivity contribution >= 4 is 39.8 Å². The number of nitrogens with one attached hydrogen (secondary N) is 2. The fraction of sp³-hybridized carbons (Fsp3) is 0.286. The molecule has 3 aromatic rings. The molecular formula is C21H21ClN4O2S. The number of amides is 2. The average Bonchev–Trinajstić information content (AvgIpc) is 3.38. The van der Waals surface area contributed by atoms with Gasteiger partial charge in [0, 0.05) is 30.9 Å². The molecule has 1 atom stereocenters. The average molecular weight is 429 g/mol. The largest absolute Gasteiger partial charge is 0.337 e. The molecule has 3 heterocycles. The van der Waals surface area contributed by atoms with Gasteiger partial charge in [-0.05, 0) is 49.6 Å². The minimum Gasteiger partial charge on any atom is -0.337 e. The fourth-order valence-electron chi connectivity index (χ4n) is 3.63. The highest BCUT2D eigenvalue weighted by molar-refractivity contribution is 7.18. The van der Waals surface area contributed by atoms with Crippen molar-refractivity contribution in [1.82, 2.24) is 15.1 Å². The number of rotatable bonds is 4. The van der Waals surface area contributed by atoms with E-state index >= 15 is 0 Å².